The summed E-state index contributed by atoms with van der Waals surface area (Å²) in [5, 5.41) is 13.1. The fraction of sp³-hybridized carbons (Fsp3) is 0.739. The first kappa shape index (κ1) is 38.2. The van der Waals surface area contributed by atoms with E-state index in [-0.39, 0.29) is 39.1 Å². The van der Waals surface area contributed by atoms with Gasteiger partial charge in [0.2, 0.25) is 5.91 Å². The van der Waals surface area contributed by atoms with Gasteiger partial charge in [0.15, 0.2) is 0 Å². The van der Waals surface area contributed by atoms with Crippen molar-refractivity contribution in [2.75, 3.05) is 6.54 Å². The van der Waals surface area contributed by atoms with E-state index in [1.165, 1.54) is 49.7 Å². The van der Waals surface area contributed by atoms with Crippen LogP contribution in [0.4, 0.5) is 0 Å². The summed E-state index contributed by atoms with van der Waals surface area (Å²) in [5.74, 6) is 2.87. The number of fused-ring (bicyclic) bond motifs is 7. The number of hydrogen-bond donors (Lipinski definition) is 2. The molecule has 5 heteroatoms. The predicted molar refractivity (Wildman–Crippen MR) is 207 cm³/mol. The SMILES string of the molecule is C=C(CC(C)(C)C(=O)O)OC1CCC2(C)[C@H]3CC[C@@H]4[C@H]5[C@H](C(=C)C)CC[C@]5(CC(=O)NCCc5ccccc5)CC[C@@]4(C)[C@]3(C)CC[C@H]2C1(C)C. The topological polar surface area (TPSA) is 75.6 Å². The Bertz CT molecular complexity index is 1510. The molecule has 282 valence electrons. The first-order valence-corrected chi connectivity index (χ1v) is 20.3. The predicted octanol–water partition coefficient (Wildman–Crippen LogP) is 10.8. The molecule has 5 fully saturated rings. The number of carboxylic acids is 1. The Kier molecular flexibility index (Phi) is 10.0. The van der Waals surface area contributed by atoms with Crippen LogP contribution in [0.2, 0.25) is 0 Å². The van der Waals surface area contributed by atoms with E-state index in [1.807, 2.05) is 6.07 Å². The van der Waals surface area contributed by atoms with Crippen LogP contribution < -0.4 is 5.32 Å². The lowest BCUT2D eigenvalue weighted by Crippen LogP contribution is -2.66. The molecule has 1 amide bonds. The highest BCUT2D eigenvalue weighted by molar-refractivity contribution is 5.77. The first-order valence-electron chi connectivity index (χ1n) is 20.3. The van der Waals surface area contributed by atoms with Crippen molar-refractivity contribution >= 4 is 11.9 Å². The average Bonchev–Trinajstić information content (AvgIpc) is 3.42. The monoisotopic (exact) mass is 700 g/mol. The van der Waals surface area contributed by atoms with Gasteiger partial charge in [0.1, 0.15) is 6.10 Å². The van der Waals surface area contributed by atoms with Gasteiger partial charge in [0, 0.05) is 24.8 Å². The summed E-state index contributed by atoms with van der Waals surface area (Å²) in [6, 6.07) is 10.5. The van der Waals surface area contributed by atoms with Crippen molar-refractivity contribution in [1.82, 2.24) is 5.32 Å². The van der Waals surface area contributed by atoms with Gasteiger partial charge in [-0.15, -0.1) is 0 Å². The molecule has 10 atom stereocenters. The molecular weight excluding hydrogens is 631 g/mol. The third-order valence-corrected chi connectivity index (χ3v) is 16.8. The van der Waals surface area contributed by atoms with E-state index in [2.05, 4.69) is 84.3 Å². The molecule has 0 saturated heterocycles. The fourth-order valence-corrected chi connectivity index (χ4v) is 14.0. The molecule has 0 heterocycles. The zero-order valence-corrected chi connectivity index (χ0v) is 33.3. The second kappa shape index (κ2) is 13.4. The van der Waals surface area contributed by atoms with Crippen LogP contribution in [0.1, 0.15) is 138 Å². The Balaban J connectivity index is 1.21. The number of ether oxygens (including phenoxy) is 1. The average molecular weight is 700 g/mol. The number of carboxylic acid groups (broad SMARTS) is 1. The summed E-state index contributed by atoms with van der Waals surface area (Å²) in [7, 11) is 0. The summed E-state index contributed by atoms with van der Waals surface area (Å²) < 4.78 is 6.63. The third kappa shape index (κ3) is 6.33. The van der Waals surface area contributed by atoms with Crippen LogP contribution >= 0.6 is 0 Å². The Morgan fingerprint density at radius 2 is 1.59 bits per heavy atom. The highest BCUT2D eigenvalue weighted by atomic mass is 16.5. The summed E-state index contributed by atoms with van der Waals surface area (Å²) in [5.41, 5.74) is 2.44. The van der Waals surface area contributed by atoms with Gasteiger partial charge in [0.05, 0.1) is 11.2 Å². The van der Waals surface area contributed by atoms with E-state index in [9.17, 15) is 14.7 Å². The fourth-order valence-electron chi connectivity index (χ4n) is 14.0. The standard InChI is InChI=1S/C46H69NO4/c1-30(2)33-18-24-46(29-38(48)47-27-21-32-14-12-11-13-15-32)26-25-44(9)34(39(33)46)16-17-36-43(8)22-20-37(51-31(3)28-41(4,5)40(49)50)42(6,7)35(43)19-23-45(36,44)10/h11-15,33-37,39H,1,3,16-29H2,2,4-10H3,(H,47,48)(H,49,50)/t33-,34+,35-,36+,37?,39+,43?,44+,45+,46+/m0/s1. The summed E-state index contributed by atoms with van der Waals surface area (Å²) in [4.78, 5) is 25.6. The van der Waals surface area contributed by atoms with Crippen molar-refractivity contribution in [3.05, 3.63) is 60.4 Å². The van der Waals surface area contributed by atoms with E-state index in [1.54, 1.807) is 13.8 Å². The lowest BCUT2D eigenvalue weighted by Gasteiger charge is -2.73. The quantitative estimate of drug-likeness (QED) is 0.178. The molecule has 0 bridgehead atoms. The van der Waals surface area contributed by atoms with Crippen molar-refractivity contribution in [1.29, 1.82) is 0 Å². The van der Waals surface area contributed by atoms with Crippen LogP contribution in [0.15, 0.2) is 54.8 Å². The van der Waals surface area contributed by atoms with Gasteiger partial charge in [-0.1, -0.05) is 83.7 Å². The Morgan fingerprint density at radius 1 is 0.882 bits per heavy atom. The van der Waals surface area contributed by atoms with E-state index in [0.717, 1.165) is 32.1 Å². The number of amides is 1. The second-order valence-electron chi connectivity index (χ2n) is 20.2. The van der Waals surface area contributed by atoms with Gasteiger partial charge in [0.25, 0.3) is 0 Å². The van der Waals surface area contributed by atoms with Gasteiger partial charge in [-0.25, -0.2) is 0 Å². The molecule has 5 nitrogen and oxygen atoms in total. The third-order valence-electron chi connectivity index (χ3n) is 16.8. The van der Waals surface area contributed by atoms with Gasteiger partial charge in [-0.3, -0.25) is 9.59 Å². The summed E-state index contributed by atoms with van der Waals surface area (Å²) in [6.45, 7) is 28.1. The molecule has 5 aliphatic rings. The normalized spacial score (nSPS) is 39.8. The maximum atomic E-state index is 13.7. The molecule has 0 aromatic heterocycles. The number of rotatable bonds is 11. The van der Waals surface area contributed by atoms with Gasteiger partial charge in [-0.05, 0) is 148 Å². The highest BCUT2D eigenvalue weighted by Gasteiger charge is 2.71. The zero-order chi connectivity index (χ0) is 37.2. The second-order valence-corrected chi connectivity index (χ2v) is 20.2. The van der Waals surface area contributed by atoms with Crippen LogP contribution in [-0.2, 0) is 20.7 Å². The Labute approximate surface area is 309 Å². The number of allylic oxidation sites excluding steroid dienone is 2. The molecule has 6 rings (SSSR count). The van der Waals surface area contributed by atoms with Crippen LogP contribution in [0.25, 0.3) is 0 Å². The smallest absolute Gasteiger partial charge is 0.309 e. The molecule has 1 aromatic carbocycles. The van der Waals surface area contributed by atoms with Crippen molar-refractivity contribution in [2.45, 2.75) is 145 Å². The van der Waals surface area contributed by atoms with Crippen LogP contribution in [0.5, 0.6) is 0 Å². The molecule has 5 saturated carbocycles. The molecule has 5 aliphatic carbocycles. The maximum absolute atomic E-state index is 13.7. The van der Waals surface area contributed by atoms with Crippen LogP contribution in [0.3, 0.4) is 0 Å². The molecule has 1 aromatic rings. The van der Waals surface area contributed by atoms with E-state index >= 15 is 0 Å². The summed E-state index contributed by atoms with van der Waals surface area (Å²) >= 11 is 0. The minimum absolute atomic E-state index is 0.0333. The zero-order valence-electron chi connectivity index (χ0n) is 33.3. The molecule has 0 radical (unpaired) electrons. The highest BCUT2D eigenvalue weighted by Crippen LogP contribution is 2.78. The minimum atomic E-state index is -0.892. The van der Waals surface area contributed by atoms with Crippen molar-refractivity contribution < 1.29 is 19.4 Å². The van der Waals surface area contributed by atoms with Gasteiger partial charge < -0.3 is 15.2 Å². The molecule has 0 spiro atoms. The number of benzene rings is 1. The van der Waals surface area contributed by atoms with Crippen molar-refractivity contribution in [3.63, 3.8) is 0 Å². The number of hydrogen-bond acceptors (Lipinski definition) is 3. The summed E-state index contributed by atoms with van der Waals surface area (Å²) in [6.07, 6.45) is 13.7. The molecule has 51 heavy (non-hydrogen) atoms. The lowest BCUT2D eigenvalue weighted by atomic mass is 9.32. The maximum Gasteiger partial charge on any atom is 0.309 e. The largest absolute Gasteiger partial charge is 0.495 e. The van der Waals surface area contributed by atoms with E-state index < -0.39 is 11.4 Å². The van der Waals surface area contributed by atoms with E-state index in [0.29, 0.717) is 54.7 Å². The first-order chi connectivity index (χ1) is 23.8. The van der Waals surface area contributed by atoms with Gasteiger partial charge in [-0.2, -0.15) is 0 Å². The number of carbonyl (C=O) groups excluding carboxylic acids is 1. The van der Waals surface area contributed by atoms with Gasteiger partial charge >= 0.3 is 5.97 Å². The Morgan fingerprint density at radius 3 is 2.25 bits per heavy atom. The van der Waals surface area contributed by atoms with Crippen LogP contribution in [0, 0.1) is 62.1 Å². The van der Waals surface area contributed by atoms with E-state index in [4.69, 9.17) is 4.74 Å². The number of nitrogens with one attached hydrogen (secondary N) is 1. The molecule has 2 N–H and O–H groups in total. The number of carbonyl (C=O) groups is 2. The van der Waals surface area contributed by atoms with Crippen molar-refractivity contribution in [2.24, 2.45) is 62.1 Å². The molecule has 2 unspecified atom stereocenters. The number of aliphatic carboxylic acids is 1. The van der Waals surface area contributed by atoms with Crippen molar-refractivity contribution in [3.8, 4) is 0 Å². The lowest BCUT2D eigenvalue weighted by molar-refractivity contribution is -0.249. The Hall–Kier alpha value is -2.56. The molecular formula is C46H69NO4. The minimum Gasteiger partial charge on any atom is -0.495 e. The van der Waals surface area contributed by atoms with Crippen LogP contribution in [-0.4, -0.2) is 29.6 Å². The molecule has 0 aliphatic heterocycles.